The highest BCUT2D eigenvalue weighted by atomic mass is 32.2. The molecule has 2 amide bonds. The third-order valence-electron chi connectivity index (χ3n) is 2.75. The Bertz CT molecular complexity index is 489. The molecule has 6 nitrogen and oxygen atoms in total. The van der Waals surface area contributed by atoms with Gasteiger partial charge in [0.05, 0.1) is 0 Å². The van der Waals surface area contributed by atoms with Crippen molar-refractivity contribution >= 4 is 29.4 Å². The van der Waals surface area contributed by atoms with Crippen LogP contribution in [-0.2, 0) is 4.79 Å². The van der Waals surface area contributed by atoms with Crippen molar-refractivity contribution in [2.45, 2.75) is 0 Å². The molecule has 1 aliphatic heterocycles. The summed E-state index contributed by atoms with van der Waals surface area (Å²) >= 11 is 1.84. The highest BCUT2D eigenvalue weighted by molar-refractivity contribution is 7.99. The van der Waals surface area contributed by atoms with E-state index in [0.29, 0.717) is 11.4 Å². The van der Waals surface area contributed by atoms with Crippen molar-refractivity contribution < 1.29 is 19.4 Å². The van der Waals surface area contributed by atoms with Crippen LogP contribution in [0.3, 0.4) is 0 Å². The molecule has 0 bridgehead atoms. The van der Waals surface area contributed by atoms with Crippen LogP contribution in [-0.4, -0.2) is 53.2 Å². The van der Waals surface area contributed by atoms with E-state index >= 15 is 0 Å². The number of anilines is 1. The van der Waals surface area contributed by atoms with Crippen molar-refractivity contribution in [3.05, 3.63) is 24.3 Å². The number of aliphatic carboxylic acids is 1. The van der Waals surface area contributed by atoms with E-state index < -0.39 is 12.6 Å². The molecule has 7 heteroatoms. The Morgan fingerprint density at radius 3 is 2.80 bits per heavy atom. The van der Waals surface area contributed by atoms with Gasteiger partial charge < -0.3 is 20.1 Å². The van der Waals surface area contributed by atoms with Crippen molar-refractivity contribution in [2.24, 2.45) is 0 Å². The van der Waals surface area contributed by atoms with Gasteiger partial charge in [-0.2, -0.15) is 11.8 Å². The summed E-state index contributed by atoms with van der Waals surface area (Å²) in [6.07, 6.45) is 0. The molecule has 2 rings (SSSR count). The Balaban J connectivity index is 1.93. The van der Waals surface area contributed by atoms with Gasteiger partial charge in [0.25, 0.3) is 0 Å². The fraction of sp³-hybridized carbons (Fsp3) is 0.385. The summed E-state index contributed by atoms with van der Waals surface area (Å²) in [6.45, 7) is 1.08. The van der Waals surface area contributed by atoms with Gasteiger partial charge in [-0.25, -0.2) is 9.59 Å². The van der Waals surface area contributed by atoms with E-state index in [9.17, 15) is 9.59 Å². The number of amides is 2. The molecule has 1 aliphatic rings. The number of ether oxygens (including phenoxy) is 1. The topological polar surface area (TPSA) is 78.9 Å². The van der Waals surface area contributed by atoms with Crippen LogP contribution in [0.2, 0.25) is 0 Å². The van der Waals surface area contributed by atoms with Crippen LogP contribution in [0, 0.1) is 0 Å². The fourth-order valence-electron chi connectivity index (χ4n) is 1.78. The van der Waals surface area contributed by atoms with E-state index in [1.807, 2.05) is 11.8 Å². The molecular formula is C13H16N2O4S. The van der Waals surface area contributed by atoms with E-state index in [0.717, 1.165) is 24.6 Å². The number of nitrogens with one attached hydrogen (secondary N) is 1. The van der Waals surface area contributed by atoms with Crippen molar-refractivity contribution in [1.29, 1.82) is 0 Å². The van der Waals surface area contributed by atoms with E-state index in [-0.39, 0.29) is 6.03 Å². The lowest BCUT2D eigenvalue weighted by Gasteiger charge is -2.26. The Morgan fingerprint density at radius 2 is 2.10 bits per heavy atom. The molecule has 20 heavy (non-hydrogen) atoms. The van der Waals surface area contributed by atoms with Gasteiger partial charge in [0.2, 0.25) is 0 Å². The second-order valence-corrected chi connectivity index (χ2v) is 5.46. The SMILES string of the molecule is O=C(O)COc1cccc(NC(=O)N2CCSCC2)c1. The number of nitrogens with zero attached hydrogens (tertiary/aromatic N) is 1. The van der Waals surface area contributed by atoms with E-state index in [2.05, 4.69) is 5.32 Å². The molecule has 0 saturated carbocycles. The zero-order valence-electron chi connectivity index (χ0n) is 10.9. The van der Waals surface area contributed by atoms with E-state index in [4.69, 9.17) is 9.84 Å². The first-order valence-corrected chi connectivity index (χ1v) is 7.39. The van der Waals surface area contributed by atoms with Crippen LogP contribution in [0.5, 0.6) is 5.75 Å². The molecule has 0 radical (unpaired) electrons. The highest BCUT2D eigenvalue weighted by Crippen LogP contribution is 2.18. The molecule has 108 valence electrons. The molecule has 1 saturated heterocycles. The summed E-state index contributed by atoms with van der Waals surface area (Å²) in [5.74, 6) is 1.29. The molecule has 1 aromatic carbocycles. The lowest BCUT2D eigenvalue weighted by molar-refractivity contribution is -0.139. The summed E-state index contributed by atoms with van der Waals surface area (Å²) in [5.41, 5.74) is 0.594. The largest absolute Gasteiger partial charge is 0.482 e. The molecule has 0 aromatic heterocycles. The van der Waals surface area contributed by atoms with Crippen LogP contribution in [0.1, 0.15) is 0 Å². The second-order valence-electron chi connectivity index (χ2n) is 4.24. The first-order valence-electron chi connectivity index (χ1n) is 6.23. The molecule has 2 N–H and O–H groups in total. The predicted molar refractivity (Wildman–Crippen MR) is 77.5 cm³/mol. The third kappa shape index (κ3) is 4.34. The van der Waals surface area contributed by atoms with Crippen LogP contribution in [0.4, 0.5) is 10.5 Å². The summed E-state index contributed by atoms with van der Waals surface area (Å²) in [7, 11) is 0. The summed E-state index contributed by atoms with van der Waals surface area (Å²) < 4.78 is 5.07. The molecule has 0 aliphatic carbocycles. The number of benzene rings is 1. The molecule has 1 heterocycles. The lowest BCUT2D eigenvalue weighted by Crippen LogP contribution is -2.40. The maximum Gasteiger partial charge on any atom is 0.341 e. The summed E-state index contributed by atoms with van der Waals surface area (Å²) in [4.78, 5) is 24.2. The van der Waals surface area contributed by atoms with Gasteiger partial charge in [-0.05, 0) is 12.1 Å². The quantitative estimate of drug-likeness (QED) is 0.884. The van der Waals surface area contributed by atoms with Gasteiger partial charge in [0.15, 0.2) is 6.61 Å². The molecule has 1 aromatic rings. The van der Waals surface area contributed by atoms with Gasteiger partial charge in [0, 0.05) is 36.3 Å². The highest BCUT2D eigenvalue weighted by Gasteiger charge is 2.16. The average molecular weight is 296 g/mol. The molecule has 1 fully saturated rings. The number of thioether (sulfide) groups is 1. The Kier molecular flexibility index (Phi) is 5.11. The molecular weight excluding hydrogens is 280 g/mol. The van der Waals surface area contributed by atoms with Crippen molar-refractivity contribution in [3.8, 4) is 5.75 Å². The number of carbonyl (C=O) groups is 2. The van der Waals surface area contributed by atoms with Crippen molar-refractivity contribution in [3.63, 3.8) is 0 Å². The summed E-state index contributed by atoms with van der Waals surface area (Å²) in [5, 5.41) is 11.3. The normalized spacial score (nSPS) is 14.7. The molecule has 0 unspecified atom stereocenters. The molecule has 0 atom stereocenters. The first kappa shape index (κ1) is 14.5. The minimum atomic E-state index is -1.04. The number of hydrogen-bond donors (Lipinski definition) is 2. The number of carboxylic acid groups (broad SMARTS) is 1. The Morgan fingerprint density at radius 1 is 1.35 bits per heavy atom. The maximum absolute atomic E-state index is 12.0. The minimum absolute atomic E-state index is 0.138. The van der Waals surface area contributed by atoms with Crippen LogP contribution in [0.25, 0.3) is 0 Å². The zero-order valence-corrected chi connectivity index (χ0v) is 11.7. The van der Waals surface area contributed by atoms with Crippen LogP contribution < -0.4 is 10.1 Å². The zero-order chi connectivity index (χ0) is 14.4. The smallest absolute Gasteiger partial charge is 0.341 e. The van der Waals surface area contributed by atoms with Gasteiger partial charge in [0.1, 0.15) is 5.75 Å². The standard InChI is InChI=1S/C13H16N2O4S/c16-12(17)9-19-11-3-1-2-10(8-11)14-13(18)15-4-6-20-7-5-15/h1-3,8H,4-7,9H2,(H,14,18)(H,16,17). The van der Waals surface area contributed by atoms with Crippen molar-refractivity contribution in [1.82, 2.24) is 4.90 Å². The Labute approximate surface area is 121 Å². The number of carbonyl (C=O) groups excluding carboxylic acids is 1. The lowest BCUT2D eigenvalue weighted by atomic mass is 10.3. The second kappa shape index (κ2) is 7.04. The number of carboxylic acids is 1. The average Bonchev–Trinajstić information content (AvgIpc) is 2.46. The number of urea groups is 1. The van der Waals surface area contributed by atoms with Gasteiger partial charge >= 0.3 is 12.0 Å². The minimum Gasteiger partial charge on any atom is -0.482 e. The van der Waals surface area contributed by atoms with Gasteiger partial charge in [-0.15, -0.1) is 0 Å². The maximum atomic E-state index is 12.0. The van der Waals surface area contributed by atoms with Crippen LogP contribution >= 0.6 is 11.8 Å². The third-order valence-corrected chi connectivity index (χ3v) is 3.69. The van der Waals surface area contributed by atoms with E-state index in [1.165, 1.54) is 0 Å². The monoisotopic (exact) mass is 296 g/mol. The molecule has 0 spiro atoms. The number of hydrogen-bond acceptors (Lipinski definition) is 4. The predicted octanol–water partition coefficient (Wildman–Crippen LogP) is 1.73. The van der Waals surface area contributed by atoms with Gasteiger partial charge in [-0.1, -0.05) is 6.07 Å². The van der Waals surface area contributed by atoms with E-state index in [1.54, 1.807) is 29.2 Å². The van der Waals surface area contributed by atoms with Crippen LogP contribution in [0.15, 0.2) is 24.3 Å². The van der Waals surface area contributed by atoms with Gasteiger partial charge in [-0.3, -0.25) is 0 Å². The Hall–Kier alpha value is -1.89. The fourth-order valence-corrected chi connectivity index (χ4v) is 2.68. The van der Waals surface area contributed by atoms with Crippen molar-refractivity contribution in [2.75, 3.05) is 36.5 Å². The number of rotatable bonds is 4. The first-order chi connectivity index (χ1) is 9.65. The summed E-state index contributed by atoms with van der Waals surface area (Å²) in [6, 6.07) is 6.57.